The number of hydrogen-bond donors (Lipinski definition) is 2. The number of carbonyl (C=O) groups excluding carboxylic acids is 2. The number of rotatable bonds is 3. The van der Waals surface area contributed by atoms with Crippen LogP contribution in [0.15, 0.2) is 0 Å². The predicted molar refractivity (Wildman–Crippen MR) is 55.6 cm³/mol. The Bertz CT molecular complexity index is 338. The molecule has 5 nitrogen and oxygen atoms in total. The number of hydrogen-bond acceptors (Lipinski definition) is 4. The second-order valence-electron chi connectivity index (χ2n) is 4.22. The predicted octanol–water partition coefficient (Wildman–Crippen LogP) is 0.206. The van der Waals surface area contributed by atoms with Crippen LogP contribution in [0.25, 0.3) is 0 Å². The van der Waals surface area contributed by atoms with Gasteiger partial charge in [-0.3, -0.25) is 4.79 Å². The lowest BCUT2D eigenvalue weighted by molar-refractivity contribution is -0.216. The second kappa shape index (κ2) is 5.13. The number of alkyl halides is 3. The lowest BCUT2D eigenvalue weighted by Crippen LogP contribution is -2.55. The average molecular weight is 268 g/mol. The van der Waals surface area contributed by atoms with Crippen LogP contribution in [0.5, 0.6) is 0 Å². The minimum absolute atomic E-state index is 0.111. The Morgan fingerprint density at radius 3 is 2.44 bits per heavy atom. The van der Waals surface area contributed by atoms with E-state index in [9.17, 15) is 22.8 Å². The molecular formula is C10H15F3N2O3. The topological polar surface area (TPSA) is 67.4 Å². The molecule has 8 heteroatoms. The van der Waals surface area contributed by atoms with E-state index in [1.807, 2.05) is 5.32 Å². The molecule has 1 saturated heterocycles. The van der Waals surface area contributed by atoms with Gasteiger partial charge in [-0.05, 0) is 19.9 Å². The average Bonchev–Trinajstić information content (AvgIpc) is 2.77. The third-order valence-electron chi connectivity index (χ3n) is 3.03. The fraction of sp³-hybridized carbons (Fsp3) is 0.800. The standard InChI is InChI=1S/C10H15F3N2O3/c1-6(7(16)18-2)15-8(17)9(10(11,12)13)3-4-14-5-9/h6,14H,3-5H2,1-2H3,(H,15,17)/t6-,9?/m0/s1. The van der Waals surface area contributed by atoms with Gasteiger partial charge in [0, 0.05) is 6.54 Å². The van der Waals surface area contributed by atoms with E-state index in [2.05, 4.69) is 10.1 Å². The number of esters is 1. The minimum Gasteiger partial charge on any atom is -0.467 e. The summed E-state index contributed by atoms with van der Waals surface area (Å²) in [7, 11) is 1.10. The minimum atomic E-state index is -4.66. The lowest BCUT2D eigenvalue weighted by atomic mass is 9.85. The maximum Gasteiger partial charge on any atom is 0.404 e. The number of halogens is 3. The van der Waals surface area contributed by atoms with Gasteiger partial charge in [0.25, 0.3) is 0 Å². The van der Waals surface area contributed by atoms with E-state index in [1.54, 1.807) is 0 Å². The van der Waals surface area contributed by atoms with Crippen molar-refractivity contribution in [1.82, 2.24) is 10.6 Å². The Morgan fingerprint density at radius 1 is 1.44 bits per heavy atom. The first-order valence-corrected chi connectivity index (χ1v) is 5.41. The van der Waals surface area contributed by atoms with Crippen molar-refractivity contribution in [2.24, 2.45) is 5.41 Å². The van der Waals surface area contributed by atoms with Crippen molar-refractivity contribution in [1.29, 1.82) is 0 Å². The van der Waals surface area contributed by atoms with E-state index in [1.165, 1.54) is 6.92 Å². The third kappa shape index (κ3) is 2.58. The van der Waals surface area contributed by atoms with Gasteiger partial charge in [0.2, 0.25) is 5.91 Å². The van der Waals surface area contributed by atoms with E-state index >= 15 is 0 Å². The lowest BCUT2D eigenvalue weighted by Gasteiger charge is -2.30. The second-order valence-corrected chi connectivity index (χ2v) is 4.22. The number of ether oxygens (including phenoxy) is 1. The maximum absolute atomic E-state index is 13.0. The summed E-state index contributed by atoms with van der Waals surface area (Å²) in [4.78, 5) is 22.8. The molecule has 0 saturated carbocycles. The van der Waals surface area contributed by atoms with Crippen molar-refractivity contribution in [3.05, 3.63) is 0 Å². The summed E-state index contributed by atoms with van der Waals surface area (Å²) in [5.41, 5.74) is -2.46. The fourth-order valence-electron chi connectivity index (χ4n) is 1.83. The quantitative estimate of drug-likeness (QED) is 0.718. The molecule has 1 aliphatic heterocycles. The monoisotopic (exact) mass is 268 g/mol. The number of carbonyl (C=O) groups is 2. The van der Waals surface area contributed by atoms with Gasteiger partial charge in [-0.15, -0.1) is 0 Å². The molecule has 1 heterocycles. The Morgan fingerprint density at radius 2 is 2.06 bits per heavy atom. The van der Waals surface area contributed by atoms with E-state index in [-0.39, 0.29) is 13.0 Å². The molecule has 1 rings (SSSR count). The SMILES string of the molecule is COC(=O)[C@H](C)NC(=O)C1(C(F)(F)F)CCNC1. The van der Waals surface area contributed by atoms with E-state index in [4.69, 9.17) is 0 Å². The van der Waals surface area contributed by atoms with Gasteiger partial charge < -0.3 is 15.4 Å². The molecule has 2 atom stereocenters. The first-order valence-electron chi connectivity index (χ1n) is 5.41. The van der Waals surface area contributed by atoms with Crippen molar-refractivity contribution in [3.63, 3.8) is 0 Å². The zero-order valence-corrected chi connectivity index (χ0v) is 10.1. The summed E-state index contributed by atoms with van der Waals surface area (Å²) in [5, 5.41) is 4.57. The van der Waals surface area contributed by atoms with Crippen LogP contribution < -0.4 is 10.6 Å². The molecule has 18 heavy (non-hydrogen) atoms. The third-order valence-corrected chi connectivity index (χ3v) is 3.03. The van der Waals surface area contributed by atoms with E-state index < -0.39 is 36.1 Å². The summed E-state index contributed by atoms with van der Waals surface area (Å²) in [6.45, 7) is 0.909. The Labute approximate surface area is 102 Å². The molecule has 104 valence electrons. The summed E-state index contributed by atoms with van der Waals surface area (Å²) in [6.07, 6.45) is -4.99. The van der Waals surface area contributed by atoms with Gasteiger partial charge in [-0.25, -0.2) is 4.79 Å². The first kappa shape index (κ1) is 14.7. The van der Waals surface area contributed by atoms with Crippen molar-refractivity contribution >= 4 is 11.9 Å². The van der Waals surface area contributed by atoms with Gasteiger partial charge in [0.05, 0.1) is 7.11 Å². The van der Waals surface area contributed by atoms with Crippen LogP contribution in [0, 0.1) is 5.41 Å². The van der Waals surface area contributed by atoms with Gasteiger partial charge in [0.1, 0.15) is 6.04 Å². The Kier molecular flexibility index (Phi) is 4.20. The summed E-state index contributed by atoms with van der Waals surface area (Å²) < 4.78 is 43.3. The molecule has 2 N–H and O–H groups in total. The number of nitrogens with one attached hydrogen (secondary N) is 2. The highest BCUT2D eigenvalue weighted by Gasteiger charge is 2.61. The van der Waals surface area contributed by atoms with Crippen LogP contribution in [0.4, 0.5) is 13.2 Å². The van der Waals surface area contributed by atoms with Crippen molar-refractivity contribution < 1.29 is 27.5 Å². The smallest absolute Gasteiger partial charge is 0.404 e. The van der Waals surface area contributed by atoms with Crippen LogP contribution in [0.3, 0.4) is 0 Å². The van der Waals surface area contributed by atoms with Crippen LogP contribution in [-0.4, -0.2) is 44.3 Å². The van der Waals surface area contributed by atoms with Gasteiger partial charge in [-0.2, -0.15) is 13.2 Å². The number of methoxy groups -OCH3 is 1. The Hall–Kier alpha value is -1.31. The maximum atomic E-state index is 13.0. The molecule has 1 aliphatic rings. The molecular weight excluding hydrogens is 253 g/mol. The van der Waals surface area contributed by atoms with Crippen LogP contribution in [0.2, 0.25) is 0 Å². The van der Waals surface area contributed by atoms with Gasteiger partial charge in [-0.1, -0.05) is 0 Å². The highest BCUT2D eigenvalue weighted by molar-refractivity contribution is 5.88. The van der Waals surface area contributed by atoms with Crippen LogP contribution >= 0.6 is 0 Å². The van der Waals surface area contributed by atoms with Crippen molar-refractivity contribution in [2.75, 3.05) is 20.2 Å². The summed E-state index contributed by atoms with van der Waals surface area (Å²) in [5.74, 6) is -1.98. The molecule has 1 unspecified atom stereocenters. The molecule has 0 bridgehead atoms. The molecule has 0 aliphatic carbocycles. The summed E-state index contributed by atoms with van der Waals surface area (Å²) >= 11 is 0. The highest BCUT2D eigenvalue weighted by Crippen LogP contribution is 2.43. The fourth-order valence-corrected chi connectivity index (χ4v) is 1.83. The van der Waals surface area contributed by atoms with Crippen LogP contribution in [0.1, 0.15) is 13.3 Å². The normalized spacial score (nSPS) is 25.6. The van der Waals surface area contributed by atoms with Gasteiger partial charge in [0.15, 0.2) is 5.41 Å². The van der Waals surface area contributed by atoms with Crippen LogP contribution in [-0.2, 0) is 14.3 Å². The zero-order valence-electron chi connectivity index (χ0n) is 10.1. The highest BCUT2D eigenvalue weighted by atomic mass is 19.4. The molecule has 0 aromatic carbocycles. The van der Waals surface area contributed by atoms with E-state index in [0.717, 1.165) is 7.11 Å². The summed E-state index contributed by atoms with van der Waals surface area (Å²) in [6, 6.07) is -1.11. The molecule has 0 aromatic heterocycles. The van der Waals surface area contributed by atoms with Gasteiger partial charge >= 0.3 is 12.1 Å². The molecule has 0 aromatic rings. The molecule has 0 spiro atoms. The van der Waals surface area contributed by atoms with E-state index in [0.29, 0.717) is 0 Å². The van der Waals surface area contributed by atoms with Crippen molar-refractivity contribution in [3.8, 4) is 0 Å². The first-order chi connectivity index (χ1) is 8.24. The zero-order chi connectivity index (χ0) is 14.0. The van der Waals surface area contributed by atoms with Crippen molar-refractivity contribution in [2.45, 2.75) is 25.6 Å². The molecule has 0 radical (unpaired) electrons. The largest absolute Gasteiger partial charge is 0.467 e. The Balaban J connectivity index is 2.83. The number of amides is 1. The molecule has 1 amide bonds. The molecule has 1 fully saturated rings.